The summed E-state index contributed by atoms with van der Waals surface area (Å²) in [5.74, 6) is 2.16. The summed E-state index contributed by atoms with van der Waals surface area (Å²) in [4.78, 5) is 13.1. The van der Waals surface area contributed by atoms with Gasteiger partial charge in [-0.15, -0.1) is 0 Å². The van der Waals surface area contributed by atoms with E-state index in [4.69, 9.17) is 4.74 Å². The molecule has 2 aliphatic rings. The molecule has 4 N–H and O–H groups in total. The molecule has 0 saturated carbocycles. The third kappa shape index (κ3) is 3.83. The number of hydrogen-bond acceptors (Lipinski definition) is 8. The van der Waals surface area contributed by atoms with Crippen molar-refractivity contribution in [1.82, 2.24) is 20.2 Å². The van der Waals surface area contributed by atoms with Gasteiger partial charge in [0.1, 0.15) is 17.8 Å². The van der Waals surface area contributed by atoms with Crippen LogP contribution in [-0.2, 0) is 4.74 Å². The number of ether oxygens (including phenoxy) is 1. The summed E-state index contributed by atoms with van der Waals surface area (Å²) in [5.41, 5.74) is 0.793. The van der Waals surface area contributed by atoms with Crippen LogP contribution in [0, 0.1) is 0 Å². The Kier molecular flexibility index (Phi) is 4.52. The van der Waals surface area contributed by atoms with Crippen LogP contribution in [-0.4, -0.2) is 46.0 Å². The molecule has 0 bridgehead atoms. The average Bonchev–Trinajstić information content (AvgIpc) is 3.36. The van der Waals surface area contributed by atoms with Gasteiger partial charge < -0.3 is 20.5 Å². The Morgan fingerprint density at radius 3 is 2.92 bits per heavy atom. The van der Waals surface area contributed by atoms with Crippen LogP contribution in [0.3, 0.4) is 0 Å². The van der Waals surface area contributed by atoms with E-state index in [0.29, 0.717) is 18.5 Å². The van der Waals surface area contributed by atoms with Crippen molar-refractivity contribution in [2.75, 3.05) is 18.5 Å². The zero-order valence-electron chi connectivity index (χ0n) is 14.0. The average molecular weight is 353 g/mol. The second-order valence-corrected chi connectivity index (χ2v) is 5.77. The largest absolute Gasteiger partial charge is 0.508 e. The first-order valence-electron chi connectivity index (χ1n) is 8.29. The molecular weight excluding hydrogens is 334 g/mol. The second kappa shape index (κ2) is 7.28. The lowest BCUT2D eigenvalue weighted by molar-refractivity contribution is 0.233. The van der Waals surface area contributed by atoms with Crippen LogP contribution < -0.4 is 16.0 Å². The highest BCUT2D eigenvalue weighted by atomic mass is 16.5. The van der Waals surface area contributed by atoms with Crippen LogP contribution in [0.4, 0.5) is 5.69 Å². The molecular formula is C17H19N7O2. The van der Waals surface area contributed by atoms with E-state index in [9.17, 15) is 5.11 Å². The van der Waals surface area contributed by atoms with Crippen LogP contribution in [0.25, 0.3) is 0 Å². The van der Waals surface area contributed by atoms with Crippen molar-refractivity contribution in [2.24, 2.45) is 9.98 Å². The fraction of sp³-hybridized carbons (Fsp3) is 0.235. The standard InChI is InChI=1S/C17H19N7O2/c25-13-5-3-12(4-6-13)20-16-21-15(19-10-14-2-1-9-26-14)22-17(23-16)24-8-7-18-11-24/h2-8,11,15,19,25H,1,9-10H2,(H2,20,21,22,23). The minimum absolute atomic E-state index is 0.208. The van der Waals surface area contributed by atoms with Gasteiger partial charge in [-0.25, -0.2) is 9.98 Å². The van der Waals surface area contributed by atoms with Crippen LogP contribution in [0.5, 0.6) is 5.75 Å². The highest BCUT2D eigenvalue weighted by Gasteiger charge is 2.19. The molecule has 2 aliphatic heterocycles. The molecule has 0 aliphatic carbocycles. The van der Waals surface area contributed by atoms with Crippen molar-refractivity contribution in [2.45, 2.75) is 12.7 Å². The minimum Gasteiger partial charge on any atom is -0.508 e. The van der Waals surface area contributed by atoms with E-state index < -0.39 is 0 Å². The molecule has 4 rings (SSSR count). The molecule has 0 spiro atoms. The molecule has 1 unspecified atom stereocenters. The van der Waals surface area contributed by atoms with Gasteiger partial charge in [-0.2, -0.15) is 4.99 Å². The predicted molar refractivity (Wildman–Crippen MR) is 97.8 cm³/mol. The van der Waals surface area contributed by atoms with Crippen LogP contribution in [0.2, 0.25) is 0 Å². The lowest BCUT2D eigenvalue weighted by Crippen LogP contribution is -2.50. The Bertz CT molecular complexity index is 841. The van der Waals surface area contributed by atoms with E-state index >= 15 is 0 Å². The molecule has 1 aromatic carbocycles. The zero-order valence-corrected chi connectivity index (χ0v) is 14.0. The molecule has 1 atom stereocenters. The van der Waals surface area contributed by atoms with E-state index in [1.165, 1.54) is 0 Å². The topological polar surface area (TPSA) is 108 Å². The fourth-order valence-electron chi connectivity index (χ4n) is 2.57. The molecule has 9 heteroatoms. The summed E-state index contributed by atoms with van der Waals surface area (Å²) < 4.78 is 7.25. The van der Waals surface area contributed by atoms with E-state index in [0.717, 1.165) is 24.5 Å². The number of phenols is 1. The number of rotatable bonds is 4. The highest BCUT2D eigenvalue weighted by Crippen LogP contribution is 2.14. The molecule has 0 amide bonds. The van der Waals surface area contributed by atoms with Crippen molar-refractivity contribution in [3.63, 3.8) is 0 Å². The van der Waals surface area contributed by atoms with Gasteiger partial charge in [-0.3, -0.25) is 9.88 Å². The Labute approximate surface area is 150 Å². The molecule has 134 valence electrons. The number of anilines is 1. The Morgan fingerprint density at radius 1 is 1.31 bits per heavy atom. The Morgan fingerprint density at radius 2 is 2.19 bits per heavy atom. The van der Waals surface area contributed by atoms with Crippen molar-refractivity contribution < 1.29 is 9.84 Å². The zero-order chi connectivity index (χ0) is 17.8. The number of benzene rings is 1. The Balaban J connectivity index is 1.51. The van der Waals surface area contributed by atoms with Gasteiger partial charge in [0.2, 0.25) is 11.9 Å². The molecule has 0 saturated heterocycles. The summed E-state index contributed by atoms with van der Waals surface area (Å²) in [5, 5.41) is 19.1. The summed E-state index contributed by atoms with van der Waals surface area (Å²) in [7, 11) is 0. The molecule has 3 heterocycles. The van der Waals surface area contributed by atoms with Gasteiger partial charge in [0.25, 0.3) is 0 Å². The quantitative estimate of drug-likeness (QED) is 0.612. The number of hydrogen-bond donors (Lipinski definition) is 4. The lowest BCUT2D eigenvalue weighted by atomic mass is 10.3. The number of aromatic nitrogens is 2. The van der Waals surface area contributed by atoms with E-state index in [1.807, 2.05) is 0 Å². The Hall–Kier alpha value is -3.33. The van der Waals surface area contributed by atoms with Gasteiger partial charge >= 0.3 is 0 Å². The molecule has 2 aromatic rings. The number of nitrogens with one attached hydrogen (secondary N) is 3. The van der Waals surface area contributed by atoms with Crippen molar-refractivity contribution in [1.29, 1.82) is 0 Å². The predicted octanol–water partition coefficient (Wildman–Crippen LogP) is 1.04. The van der Waals surface area contributed by atoms with E-state index in [-0.39, 0.29) is 12.0 Å². The SMILES string of the molecule is Oc1ccc(NC2=NC(n3ccnc3)=NC(NCC3=CCCO3)N2)cc1. The van der Waals surface area contributed by atoms with Gasteiger partial charge in [-0.1, -0.05) is 0 Å². The summed E-state index contributed by atoms with van der Waals surface area (Å²) >= 11 is 0. The number of imidazole rings is 1. The molecule has 26 heavy (non-hydrogen) atoms. The van der Waals surface area contributed by atoms with Crippen LogP contribution >= 0.6 is 0 Å². The summed E-state index contributed by atoms with van der Waals surface area (Å²) in [6.07, 6.45) is 7.73. The second-order valence-electron chi connectivity index (χ2n) is 5.77. The number of phenolic OH excluding ortho intramolecular Hbond substituents is 1. The third-order valence-electron chi connectivity index (χ3n) is 3.84. The normalized spacial score (nSPS) is 19.1. The summed E-state index contributed by atoms with van der Waals surface area (Å²) in [6.45, 7) is 1.30. The maximum Gasteiger partial charge on any atom is 0.236 e. The first-order valence-corrected chi connectivity index (χ1v) is 8.29. The first kappa shape index (κ1) is 16.2. The monoisotopic (exact) mass is 353 g/mol. The molecule has 0 fully saturated rings. The number of guanidine groups is 1. The van der Waals surface area contributed by atoms with Gasteiger partial charge in [0, 0.05) is 24.5 Å². The van der Waals surface area contributed by atoms with Crippen molar-refractivity contribution in [3.05, 3.63) is 54.8 Å². The van der Waals surface area contributed by atoms with Crippen molar-refractivity contribution in [3.8, 4) is 5.75 Å². The minimum atomic E-state index is -0.380. The van der Waals surface area contributed by atoms with Crippen molar-refractivity contribution >= 4 is 17.6 Å². The molecule has 9 nitrogen and oxygen atoms in total. The summed E-state index contributed by atoms with van der Waals surface area (Å²) in [6, 6.07) is 6.75. The van der Waals surface area contributed by atoms with Gasteiger partial charge in [0.15, 0.2) is 6.29 Å². The number of nitrogens with zero attached hydrogens (tertiary/aromatic N) is 4. The van der Waals surface area contributed by atoms with E-state index in [1.54, 1.807) is 47.6 Å². The number of aliphatic imine (C=N–C) groups is 2. The maximum atomic E-state index is 9.42. The lowest BCUT2D eigenvalue weighted by Gasteiger charge is -2.24. The number of aromatic hydroxyl groups is 1. The molecule has 0 radical (unpaired) electrons. The van der Waals surface area contributed by atoms with Crippen LogP contribution in [0.1, 0.15) is 6.42 Å². The van der Waals surface area contributed by atoms with Gasteiger partial charge in [0.05, 0.1) is 13.2 Å². The van der Waals surface area contributed by atoms with Crippen LogP contribution in [0.15, 0.2) is 64.8 Å². The fourth-order valence-corrected chi connectivity index (χ4v) is 2.57. The van der Waals surface area contributed by atoms with E-state index in [2.05, 4.69) is 37.0 Å². The smallest absolute Gasteiger partial charge is 0.236 e. The first-order chi connectivity index (χ1) is 12.8. The maximum absolute atomic E-state index is 9.42. The molecule has 1 aromatic heterocycles. The van der Waals surface area contributed by atoms with Gasteiger partial charge in [-0.05, 0) is 30.3 Å². The third-order valence-corrected chi connectivity index (χ3v) is 3.84. The highest BCUT2D eigenvalue weighted by molar-refractivity contribution is 6.04.